The van der Waals surface area contributed by atoms with Crippen molar-refractivity contribution in [2.45, 2.75) is 31.0 Å². The van der Waals surface area contributed by atoms with E-state index in [1.54, 1.807) is 16.4 Å². The maximum Gasteiger partial charge on any atom is 0.295 e. The minimum Gasteiger partial charge on any atom is -0.319 e. The second-order valence-electron chi connectivity index (χ2n) is 7.48. The summed E-state index contributed by atoms with van der Waals surface area (Å²) >= 11 is 1.38. The van der Waals surface area contributed by atoms with Crippen molar-refractivity contribution in [3.05, 3.63) is 82.3 Å². The van der Waals surface area contributed by atoms with Crippen LogP contribution < -0.4 is 10.9 Å². The Kier molecular flexibility index (Phi) is 5.69. The lowest BCUT2D eigenvalue weighted by molar-refractivity contribution is -0.115. The number of amides is 1. The van der Waals surface area contributed by atoms with E-state index in [-0.39, 0.29) is 11.5 Å². The van der Waals surface area contributed by atoms with Gasteiger partial charge in [0.1, 0.15) is 5.69 Å². The Morgan fingerprint density at radius 2 is 1.74 bits per heavy atom. The summed E-state index contributed by atoms with van der Waals surface area (Å²) in [6, 6.07) is 19.3. The highest BCUT2D eigenvalue weighted by molar-refractivity contribution is 8.00. The third kappa shape index (κ3) is 4.01. The number of hydrogen-bond acceptors (Lipinski definition) is 4. The summed E-state index contributed by atoms with van der Waals surface area (Å²) in [6.07, 6.45) is 0. The van der Waals surface area contributed by atoms with Crippen molar-refractivity contribution in [2.24, 2.45) is 7.05 Å². The smallest absolute Gasteiger partial charge is 0.295 e. The second-order valence-corrected chi connectivity index (χ2v) is 8.84. The number of thioether (sulfide) groups is 1. The van der Waals surface area contributed by atoms with Gasteiger partial charge < -0.3 is 5.32 Å². The first kappa shape index (κ1) is 20.9. The van der Waals surface area contributed by atoms with Crippen LogP contribution in [0.3, 0.4) is 0 Å². The molecule has 1 N–H and O–H groups in total. The van der Waals surface area contributed by atoms with Crippen molar-refractivity contribution in [1.82, 2.24) is 14.3 Å². The highest BCUT2D eigenvalue weighted by Crippen LogP contribution is 2.27. The number of carbonyl (C=O) groups excluding carboxylic acids is 1. The summed E-state index contributed by atoms with van der Waals surface area (Å²) in [4.78, 5) is 30.6. The Morgan fingerprint density at radius 1 is 1.06 bits per heavy atom. The lowest BCUT2D eigenvalue weighted by Crippen LogP contribution is -2.27. The van der Waals surface area contributed by atoms with Gasteiger partial charge in [0.2, 0.25) is 5.91 Å². The number of fused-ring (bicyclic) bond motifs is 1. The summed E-state index contributed by atoms with van der Waals surface area (Å²) in [5, 5.41) is 4.31. The molecule has 0 spiro atoms. The van der Waals surface area contributed by atoms with E-state index >= 15 is 0 Å². The van der Waals surface area contributed by atoms with E-state index in [1.165, 1.54) is 11.8 Å². The minimum atomic E-state index is -0.419. The first-order chi connectivity index (χ1) is 14.9. The van der Waals surface area contributed by atoms with Crippen LogP contribution in [-0.2, 0) is 11.8 Å². The van der Waals surface area contributed by atoms with Gasteiger partial charge >= 0.3 is 0 Å². The molecular formula is C24H24N4O2S. The number of anilines is 1. The van der Waals surface area contributed by atoms with Crippen molar-refractivity contribution in [3.63, 3.8) is 0 Å². The van der Waals surface area contributed by atoms with Crippen molar-refractivity contribution in [1.29, 1.82) is 0 Å². The average Bonchev–Trinajstić information content (AvgIpc) is 2.97. The standard InChI is InChI=1S/C24H24N4O2S/c1-15-14-21(25-20-13-9-8-12-19(15)20)31-17(3)23(29)26-22-16(2)27(4)28(24(22)30)18-10-6-5-7-11-18/h5-14,17H,1-4H3,(H,26,29)/t17-/m1/s1. The van der Waals surface area contributed by atoms with E-state index in [0.29, 0.717) is 11.4 Å². The zero-order chi connectivity index (χ0) is 22.1. The number of carbonyl (C=O) groups is 1. The summed E-state index contributed by atoms with van der Waals surface area (Å²) < 4.78 is 3.30. The van der Waals surface area contributed by atoms with Crippen molar-refractivity contribution in [3.8, 4) is 5.69 Å². The van der Waals surface area contributed by atoms with Crippen molar-refractivity contribution >= 4 is 34.3 Å². The van der Waals surface area contributed by atoms with Crippen LogP contribution in [0.1, 0.15) is 18.2 Å². The second kappa shape index (κ2) is 8.43. The molecule has 31 heavy (non-hydrogen) atoms. The molecule has 4 aromatic rings. The molecular weight excluding hydrogens is 408 g/mol. The molecule has 2 heterocycles. The Balaban J connectivity index is 1.57. The molecule has 0 unspecified atom stereocenters. The fraction of sp³-hybridized carbons (Fsp3) is 0.208. The monoisotopic (exact) mass is 432 g/mol. The maximum absolute atomic E-state index is 13.0. The zero-order valence-electron chi connectivity index (χ0n) is 17.9. The molecule has 1 amide bonds. The summed E-state index contributed by atoms with van der Waals surface area (Å²) in [7, 11) is 1.80. The van der Waals surface area contributed by atoms with E-state index in [2.05, 4.69) is 10.3 Å². The van der Waals surface area contributed by atoms with E-state index in [1.807, 2.05) is 81.4 Å². The van der Waals surface area contributed by atoms with E-state index in [4.69, 9.17) is 0 Å². The van der Waals surface area contributed by atoms with Crippen LogP contribution in [0.5, 0.6) is 0 Å². The number of rotatable bonds is 5. The van der Waals surface area contributed by atoms with Gasteiger partial charge in [-0.2, -0.15) is 0 Å². The van der Waals surface area contributed by atoms with Crippen LogP contribution in [0, 0.1) is 13.8 Å². The molecule has 0 saturated carbocycles. The van der Waals surface area contributed by atoms with Crippen LogP contribution >= 0.6 is 11.8 Å². The molecule has 6 nitrogen and oxygen atoms in total. The molecule has 0 fully saturated rings. The Labute approximate surface area is 184 Å². The summed E-state index contributed by atoms with van der Waals surface area (Å²) in [6.45, 7) is 5.68. The first-order valence-corrected chi connectivity index (χ1v) is 10.9. The normalized spacial score (nSPS) is 12.1. The number of nitrogens with zero attached hydrogens (tertiary/aromatic N) is 3. The van der Waals surface area contributed by atoms with Gasteiger partial charge in [0.05, 0.1) is 27.2 Å². The van der Waals surface area contributed by atoms with Gasteiger partial charge in [-0.1, -0.05) is 48.2 Å². The van der Waals surface area contributed by atoms with Gasteiger partial charge in [-0.3, -0.25) is 14.3 Å². The zero-order valence-corrected chi connectivity index (χ0v) is 18.7. The van der Waals surface area contributed by atoms with Gasteiger partial charge in [0, 0.05) is 12.4 Å². The topological polar surface area (TPSA) is 68.9 Å². The number of pyridine rings is 1. The molecule has 0 radical (unpaired) electrons. The van der Waals surface area contributed by atoms with Crippen LogP contribution in [0.4, 0.5) is 5.69 Å². The third-order valence-electron chi connectivity index (χ3n) is 5.37. The van der Waals surface area contributed by atoms with Crippen LogP contribution in [0.15, 0.2) is 70.5 Å². The third-order valence-corrected chi connectivity index (χ3v) is 6.39. The predicted octanol–water partition coefficient (Wildman–Crippen LogP) is 4.46. The van der Waals surface area contributed by atoms with Crippen LogP contribution in [0.25, 0.3) is 16.6 Å². The SMILES string of the molecule is Cc1cc(S[C@H](C)C(=O)Nc2c(C)n(C)n(-c3ccccc3)c2=O)nc2ccccc12. The number of benzene rings is 2. The molecule has 2 aromatic carbocycles. The van der Waals surface area contributed by atoms with Crippen LogP contribution in [-0.4, -0.2) is 25.5 Å². The lowest BCUT2D eigenvalue weighted by Gasteiger charge is -2.12. The Morgan fingerprint density at radius 3 is 2.48 bits per heavy atom. The molecule has 0 aliphatic carbocycles. The molecule has 1 atom stereocenters. The van der Waals surface area contributed by atoms with Gasteiger partial charge in [0.15, 0.2) is 0 Å². The molecule has 158 valence electrons. The first-order valence-electron chi connectivity index (χ1n) is 10.0. The average molecular weight is 433 g/mol. The van der Waals surface area contributed by atoms with E-state index in [9.17, 15) is 9.59 Å². The highest BCUT2D eigenvalue weighted by atomic mass is 32.2. The minimum absolute atomic E-state index is 0.233. The molecule has 4 rings (SSSR count). The number of hydrogen-bond donors (Lipinski definition) is 1. The molecule has 0 aliphatic heterocycles. The number of aromatic nitrogens is 3. The quantitative estimate of drug-likeness (QED) is 0.473. The largest absolute Gasteiger partial charge is 0.319 e. The van der Waals surface area contributed by atoms with Gasteiger partial charge in [-0.25, -0.2) is 9.67 Å². The molecule has 7 heteroatoms. The van der Waals surface area contributed by atoms with Gasteiger partial charge in [0.25, 0.3) is 5.56 Å². The van der Waals surface area contributed by atoms with Crippen LogP contribution in [0.2, 0.25) is 0 Å². The molecule has 0 saturated heterocycles. The van der Waals surface area contributed by atoms with Crippen molar-refractivity contribution in [2.75, 3.05) is 5.32 Å². The molecule has 0 aliphatic rings. The number of para-hydroxylation sites is 2. The molecule has 0 bridgehead atoms. The Bertz CT molecular complexity index is 1320. The lowest BCUT2D eigenvalue weighted by atomic mass is 10.1. The maximum atomic E-state index is 13.0. The summed E-state index contributed by atoms with van der Waals surface area (Å²) in [5.74, 6) is -0.233. The number of aryl methyl sites for hydroxylation is 1. The molecule has 2 aromatic heterocycles. The Hall–Kier alpha value is -3.32. The van der Waals surface area contributed by atoms with Gasteiger partial charge in [-0.05, 0) is 50.6 Å². The van der Waals surface area contributed by atoms with Gasteiger partial charge in [-0.15, -0.1) is 0 Å². The van der Waals surface area contributed by atoms with E-state index < -0.39 is 5.25 Å². The summed E-state index contributed by atoms with van der Waals surface area (Å²) in [5.41, 5.74) is 3.51. The fourth-order valence-corrected chi connectivity index (χ4v) is 4.47. The van der Waals surface area contributed by atoms with Crippen molar-refractivity contribution < 1.29 is 4.79 Å². The highest BCUT2D eigenvalue weighted by Gasteiger charge is 2.22. The van der Waals surface area contributed by atoms with E-state index in [0.717, 1.165) is 27.2 Å². The fourth-order valence-electron chi connectivity index (χ4n) is 3.55. The number of nitrogens with one attached hydrogen (secondary N) is 1. The predicted molar refractivity (Wildman–Crippen MR) is 126 cm³/mol.